The van der Waals surface area contributed by atoms with Gasteiger partial charge in [-0.15, -0.1) is 0 Å². The van der Waals surface area contributed by atoms with Crippen LogP contribution in [0.15, 0.2) is 36.7 Å². The minimum Gasteiger partial charge on any atom is -0.467 e. The SMILES string of the molecule is C[C@@H](NC(=O)c1cc2cc(F)ccc2n1C)c1cnc(OCC(F)(F)F)cn1. The molecule has 1 N–H and O–H groups in total. The highest BCUT2D eigenvalue weighted by atomic mass is 19.4. The summed E-state index contributed by atoms with van der Waals surface area (Å²) in [6, 6.07) is 5.23. The van der Waals surface area contributed by atoms with Crippen LogP contribution in [-0.2, 0) is 7.05 Å². The van der Waals surface area contributed by atoms with Crippen LogP contribution >= 0.6 is 0 Å². The summed E-state index contributed by atoms with van der Waals surface area (Å²) < 4.78 is 55.9. The first-order chi connectivity index (χ1) is 13.1. The van der Waals surface area contributed by atoms with Crippen LogP contribution in [0.2, 0.25) is 0 Å². The maximum atomic E-state index is 13.4. The lowest BCUT2D eigenvalue weighted by Crippen LogP contribution is -2.28. The molecule has 0 aliphatic rings. The molecule has 148 valence electrons. The van der Waals surface area contributed by atoms with Crippen LogP contribution < -0.4 is 10.1 Å². The molecule has 10 heteroatoms. The van der Waals surface area contributed by atoms with E-state index >= 15 is 0 Å². The first-order valence-corrected chi connectivity index (χ1v) is 8.21. The molecule has 3 rings (SSSR count). The summed E-state index contributed by atoms with van der Waals surface area (Å²) in [5, 5.41) is 3.32. The molecule has 6 nitrogen and oxygen atoms in total. The smallest absolute Gasteiger partial charge is 0.422 e. The zero-order chi connectivity index (χ0) is 20.5. The van der Waals surface area contributed by atoms with Gasteiger partial charge in [-0.3, -0.25) is 9.78 Å². The van der Waals surface area contributed by atoms with Crippen LogP contribution in [-0.4, -0.2) is 33.2 Å². The molecule has 0 spiro atoms. The second-order valence-corrected chi connectivity index (χ2v) is 6.17. The summed E-state index contributed by atoms with van der Waals surface area (Å²) >= 11 is 0. The van der Waals surface area contributed by atoms with E-state index in [2.05, 4.69) is 20.0 Å². The van der Waals surface area contributed by atoms with E-state index in [9.17, 15) is 22.4 Å². The summed E-state index contributed by atoms with van der Waals surface area (Å²) in [7, 11) is 1.69. The number of benzene rings is 1. The number of rotatable bonds is 5. The Morgan fingerprint density at radius 2 is 2.00 bits per heavy atom. The number of amides is 1. The molecule has 1 atom stereocenters. The van der Waals surface area contributed by atoms with Gasteiger partial charge in [0.2, 0.25) is 5.88 Å². The van der Waals surface area contributed by atoms with E-state index in [-0.39, 0.29) is 5.88 Å². The third kappa shape index (κ3) is 4.38. The van der Waals surface area contributed by atoms with Crippen molar-refractivity contribution >= 4 is 16.8 Å². The molecule has 0 fully saturated rings. The van der Waals surface area contributed by atoms with Gasteiger partial charge in [0.25, 0.3) is 5.91 Å². The minimum absolute atomic E-state index is 0.268. The molecule has 3 aromatic rings. The lowest BCUT2D eigenvalue weighted by Gasteiger charge is -2.14. The molecule has 0 unspecified atom stereocenters. The van der Waals surface area contributed by atoms with Gasteiger partial charge in [-0.1, -0.05) is 0 Å². The van der Waals surface area contributed by atoms with Gasteiger partial charge in [-0.2, -0.15) is 13.2 Å². The highest BCUT2D eigenvalue weighted by molar-refractivity contribution is 5.98. The monoisotopic (exact) mass is 396 g/mol. The van der Waals surface area contributed by atoms with Crippen LogP contribution in [0.5, 0.6) is 5.88 Å². The van der Waals surface area contributed by atoms with Crippen LogP contribution in [0.4, 0.5) is 17.6 Å². The topological polar surface area (TPSA) is 69.0 Å². The quantitative estimate of drug-likeness (QED) is 0.670. The zero-order valence-electron chi connectivity index (χ0n) is 14.9. The van der Waals surface area contributed by atoms with Gasteiger partial charge in [0.1, 0.15) is 11.5 Å². The van der Waals surface area contributed by atoms with E-state index in [0.29, 0.717) is 22.3 Å². The number of aromatic nitrogens is 3. The molecule has 0 radical (unpaired) electrons. The standard InChI is InChI=1S/C18H16F4N4O2/c1-10(13-7-24-16(8-23-13)28-9-18(20,21)22)25-17(27)15-6-11-5-12(19)3-4-14(11)26(15)2/h3-8,10H,9H2,1-2H3,(H,25,27)/t10-/m1/s1. The van der Waals surface area contributed by atoms with Crippen molar-refractivity contribution in [3.05, 3.63) is 53.9 Å². The Morgan fingerprint density at radius 1 is 1.25 bits per heavy atom. The van der Waals surface area contributed by atoms with Crippen molar-refractivity contribution in [2.24, 2.45) is 7.05 Å². The zero-order valence-corrected chi connectivity index (χ0v) is 14.9. The molecule has 1 aromatic carbocycles. The predicted molar refractivity (Wildman–Crippen MR) is 92.3 cm³/mol. The lowest BCUT2D eigenvalue weighted by molar-refractivity contribution is -0.154. The number of nitrogens with zero attached hydrogens (tertiary/aromatic N) is 3. The maximum absolute atomic E-state index is 13.4. The van der Waals surface area contributed by atoms with Gasteiger partial charge in [0, 0.05) is 18.0 Å². The van der Waals surface area contributed by atoms with Gasteiger partial charge in [-0.25, -0.2) is 9.37 Å². The number of hydrogen-bond acceptors (Lipinski definition) is 4. The molecule has 0 aliphatic carbocycles. The molecule has 0 saturated carbocycles. The van der Waals surface area contributed by atoms with Crippen molar-refractivity contribution in [3.8, 4) is 5.88 Å². The average molecular weight is 396 g/mol. The van der Waals surface area contributed by atoms with Crippen molar-refractivity contribution in [1.82, 2.24) is 19.9 Å². The molecule has 2 aromatic heterocycles. The largest absolute Gasteiger partial charge is 0.467 e. The third-order valence-corrected chi connectivity index (χ3v) is 4.06. The van der Waals surface area contributed by atoms with Crippen LogP contribution in [0.1, 0.15) is 29.1 Å². The minimum atomic E-state index is -4.47. The highest BCUT2D eigenvalue weighted by Crippen LogP contribution is 2.21. The van der Waals surface area contributed by atoms with E-state index in [4.69, 9.17) is 0 Å². The van der Waals surface area contributed by atoms with E-state index in [1.807, 2.05) is 0 Å². The molecule has 28 heavy (non-hydrogen) atoms. The fourth-order valence-corrected chi connectivity index (χ4v) is 2.66. The van der Waals surface area contributed by atoms with E-state index in [1.54, 1.807) is 30.7 Å². The second-order valence-electron chi connectivity index (χ2n) is 6.17. The van der Waals surface area contributed by atoms with Crippen molar-refractivity contribution in [2.75, 3.05) is 6.61 Å². The summed E-state index contributed by atoms with van der Waals surface area (Å²) in [5.74, 6) is -1.08. The average Bonchev–Trinajstić information content (AvgIpc) is 2.95. The summed E-state index contributed by atoms with van der Waals surface area (Å²) in [6.45, 7) is 0.190. The first kappa shape index (κ1) is 19.6. The number of carbonyl (C=O) groups excluding carboxylic acids is 1. The van der Waals surface area contributed by atoms with Gasteiger partial charge >= 0.3 is 6.18 Å². The van der Waals surface area contributed by atoms with Gasteiger partial charge in [-0.05, 0) is 31.2 Å². The number of halogens is 4. The summed E-state index contributed by atoms with van der Waals surface area (Å²) in [4.78, 5) is 20.3. The van der Waals surface area contributed by atoms with Crippen LogP contribution in [0.25, 0.3) is 10.9 Å². The lowest BCUT2D eigenvalue weighted by atomic mass is 10.2. The molecule has 0 aliphatic heterocycles. The molecular formula is C18H16F4N4O2. The molecule has 1 amide bonds. The van der Waals surface area contributed by atoms with E-state index < -0.39 is 30.5 Å². The van der Waals surface area contributed by atoms with Crippen LogP contribution in [0, 0.1) is 5.82 Å². The second kappa shape index (κ2) is 7.45. The van der Waals surface area contributed by atoms with Gasteiger partial charge < -0.3 is 14.6 Å². The summed E-state index contributed by atoms with van der Waals surface area (Å²) in [5.41, 5.74) is 1.37. The molecule has 0 bridgehead atoms. The number of nitrogens with one attached hydrogen (secondary N) is 1. The number of fused-ring (bicyclic) bond motifs is 1. The Bertz CT molecular complexity index is 999. The third-order valence-electron chi connectivity index (χ3n) is 4.06. The van der Waals surface area contributed by atoms with Crippen molar-refractivity contribution in [1.29, 1.82) is 0 Å². The number of alkyl halides is 3. The van der Waals surface area contributed by atoms with Gasteiger partial charge in [0.15, 0.2) is 6.61 Å². The molecule has 2 heterocycles. The Labute approximate surface area is 157 Å². The molecule has 0 saturated heterocycles. The van der Waals surface area contributed by atoms with Crippen LogP contribution in [0.3, 0.4) is 0 Å². The molecular weight excluding hydrogens is 380 g/mol. The van der Waals surface area contributed by atoms with Crippen molar-refractivity contribution in [2.45, 2.75) is 19.1 Å². The van der Waals surface area contributed by atoms with Crippen molar-refractivity contribution < 1.29 is 27.1 Å². The maximum Gasteiger partial charge on any atom is 0.422 e. The Kier molecular flexibility index (Phi) is 5.21. The number of hydrogen-bond donors (Lipinski definition) is 1. The number of ether oxygens (including phenoxy) is 1. The van der Waals surface area contributed by atoms with E-state index in [0.717, 1.165) is 6.20 Å². The first-order valence-electron chi connectivity index (χ1n) is 8.21. The van der Waals surface area contributed by atoms with Crippen molar-refractivity contribution in [3.63, 3.8) is 0 Å². The Balaban J connectivity index is 1.70. The Morgan fingerprint density at radius 3 is 2.64 bits per heavy atom. The predicted octanol–water partition coefficient (Wildman–Crippen LogP) is 3.54. The number of carbonyl (C=O) groups is 1. The summed E-state index contributed by atoms with van der Waals surface area (Å²) in [6.07, 6.45) is -2.18. The fraction of sp³-hybridized carbons (Fsp3) is 0.278. The highest BCUT2D eigenvalue weighted by Gasteiger charge is 2.28. The fourth-order valence-electron chi connectivity index (χ4n) is 2.66. The Hall–Kier alpha value is -3.17. The van der Waals surface area contributed by atoms with E-state index in [1.165, 1.54) is 18.3 Å². The normalized spacial score (nSPS) is 12.8. The van der Waals surface area contributed by atoms with Gasteiger partial charge in [0.05, 0.1) is 24.1 Å². The number of aryl methyl sites for hydroxylation is 1.